The first-order valence-corrected chi connectivity index (χ1v) is 9.53. The quantitative estimate of drug-likeness (QED) is 0.652. The molecule has 0 aromatic heterocycles. The molecule has 1 N–H and O–H groups in total. The van der Waals surface area contributed by atoms with E-state index in [2.05, 4.69) is 10.2 Å². The van der Waals surface area contributed by atoms with Gasteiger partial charge in [-0.25, -0.2) is 0 Å². The van der Waals surface area contributed by atoms with E-state index < -0.39 is 0 Å². The van der Waals surface area contributed by atoms with Crippen molar-refractivity contribution in [1.82, 2.24) is 10.2 Å². The lowest BCUT2D eigenvalue weighted by molar-refractivity contribution is -0.120. The van der Waals surface area contributed by atoms with Gasteiger partial charge in [-0.2, -0.15) is 5.26 Å². The second kappa shape index (κ2) is 11.7. The highest BCUT2D eigenvalue weighted by molar-refractivity contribution is 6.32. The van der Waals surface area contributed by atoms with Crippen LogP contribution >= 0.6 is 11.6 Å². The van der Waals surface area contributed by atoms with Crippen LogP contribution in [-0.2, 0) is 16.0 Å². The molecular weight excluding hydrogens is 370 g/mol. The Balaban J connectivity index is 1.93. The Labute approximate surface area is 165 Å². The van der Waals surface area contributed by atoms with Crippen molar-refractivity contribution in [2.45, 2.75) is 19.8 Å². The molecule has 0 bridgehead atoms. The highest BCUT2D eigenvalue weighted by atomic mass is 35.5. The Kier molecular flexibility index (Phi) is 9.19. The molecule has 1 aliphatic heterocycles. The fourth-order valence-corrected chi connectivity index (χ4v) is 3.04. The first kappa shape index (κ1) is 21.3. The van der Waals surface area contributed by atoms with Crippen molar-refractivity contribution in [3.8, 4) is 17.6 Å². The van der Waals surface area contributed by atoms with E-state index in [1.54, 1.807) is 0 Å². The molecule has 1 amide bonds. The highest BCUT2D eigenvalue weighted by Crippen LogP contribution is 2.36. The SMILES string of the molecule is CCOc1cc(CCNC(=O)CC#N)cc(Cl)c1OCCN1CCOCC1. The molecule has 148 valence electrons. The van der Waals surface area contributed by atoms with E-state index in [0.717, 1.165) is 38.4 Å². The number of carbonyl (C=O) groups excluding carboxylic acids is 1. The number of morpholine rings is 1. The summed E-state index contributed by atoms with van der Waals surface area (Å²) >= 11 is 6.41. The van der Waals surface area contributed by atoms with E-state index >= 15 is 0 Å². The summed E-state index contributed by atoms with van der Waals surface area (Å²) in [4.78, 5) is 13.6. The van der Waals surface area contributed by atoms with Crippen molar-refractivity contribution in [2.24, 2.45) is 0 Å². The van der Waals surface area contributed by atoms with Crippen molar-refractivity contribution in [2.75, 3.05) is 52.6 Å². The van der Waals surface area contributed by atoms with Gasteiger partial charge in [0.1, 0.15) is 13.0 Å². The third-order valence-electron chi connectivity index (χ3n) is 4.10. The van der Waals surface area contributed by atoms with Crippen LogP contribution in [0, 0.1) is 11.3 Å². The number of nitrogens with one attached hydrogen (secondary N) is 1. The van der Waals surface area contributed by atoms with Crippen LogP contribution in [0.3, 0.4) is 0 Å². The number of rotatable bonds is 10. The van der Waals surface area contributed by atoms with Gasteiger partial charge in [-0.3, -0.25) is 9.69 Å². The molecule has 27 heavy (non-hydrogen) atoms. The smallest absolute Gasteiger partial charge is 0.234 e. The number of nitrogens with zero attached hydrogens (tertiary/aromatic N) is 2. The molecule has 1 aliphatic rings. The van der Waals surface area contributed by atoms with Gasteiger partial charge < -0.3 is 19.5 Å². The molecule has 1 aromatic carbocycles. The van der Waals surface area contributed by atoms with Gasteiger partial charge in [0.05, 0.1) is 30.9 Å². The number of hydrogen-bond donors (Lipinski definition) is 1. The lowest BCUT2D eigenvalue weighted by atomic mass is 10.1. The molecule has 1 aromatic rings. The molecule has 0 atom stereocenters. The fourth-order valence-electron chi connectivity index (χ4n) is 2.75. The van der Waals surface area contributed by atoms with Crippen LogP contribution in [0.15, 0.2) is 12.1 Å². The highest BCUT2D eigenvalue weighted by Gasteiger charge is 2.15. The third-order valence-corrected chi connectivity index (χ3v) is 4.38. The molecule has 2 rings (SSSR count). The van der Waals surface area contributed by atoms with Crippen molar-refractivity contribution >= 4 is 17.5 Å². The third kappa shape index (κ3) is 7.25. The van der Waals surface area contributed by atoms with Crippen LogP contribution in [0.25, 0.3) is 0 Å². The van der Waals surface area contributed by atoms with E-state index in [1.165, 1.54) is 0 Å². The summed E-state index contributed by atoms with van der Waals surface area (Å²) in [5.74, 6) is 0.867. The zero-order chi connectivity index (χ0) is 19.5. The van der Waals surface area contributed by atoms with E-state index in [9.17, 15) is 4.79 Å². The number of hydrogen-bond acceptors (Lipinski definition) is 6. The normalized spacial score (nSPS) is 14.4. The molecular formula is C19H26ClN3O4. The summed E-state index contributed by atoms with van der Waals surface area (Å²) in [7, 11) is 0. The molecule has 0 saturated carbocycles. The molecule has 7 nitrogen and oxygen atoms in total. The van der Waals surface area contributed by atoms with Crippen molar-refractivity contribution in [1.29, 1.82) is 5.26 Å². The predicted molar refractivity (Wildman–Crippen MR) is 102 cm³/mol. The lowest BCUT2D eigenvalue weighted by Gasteiger charge is -2.26. The first-order valence-electron chi connectivity index (χ1n) is 9.15. The number of nitriles is 1. The molecule has 0 spiro atoms. The Bertz CT molecular complexity index is 657. The number of ether oxygens (including phenoxy) is 3. The maximum Gasteiger partial charge on any atom is 0.234 e. The second-order valence-electron chi connectivity index (χ2n) is 6.08. The maximum absolute atomic E-state index is 11.4. The minimum absolute atomic E-state index is 0.138. The standard InChI is InChI=1S/C19H26ClN3O4/c1-2-26-17-14-15(4-6-22-18(24)3-5-21)13-16(20)19(17)27-12-9-23-7-10-25-11-8-23/h13-14H,2-4,6-12H2,1H3,(H,22,24). The van der Waals surface area contributed by atoms with Crippen molar-refractivity contribution in [3.05, 3.63) is 22.7 Å². The molecule has 1 heterocycles. The van der Waals surface area contributed by atoms with Crippen LogP contribution in [0.5, 0.6) is 11.5 Å². The monoisotopic (exact) mass is 395 g/mol. The second-order valence-corrected chi connectivity index (χ2v) is 6.48. The first-order chi connectivity index (χ1) is 13.1. The van der Waals surface area contributed by atoms with Crippen LogP contribution in [-0.4, -0.2) is 63.4 Å². The van der Waals surface area contributed by atoms with Gasteiger partial charge in [-0.1, -0.05) is 11.6 Å². The topological polar surface area (TPSA) is 83.8 Å². The number of carbonyl (C=O) groups is 1. The minimum Gasteiger partial charge on any atom is -0.490 e. The summed E-state index contributed by atoms with van der Waals surface area (Å²) in [6, 6.07) is 5.53. The molecule has 1 fully saturated rings. The molecule has 1 saturated heterocycles. The van der Waals surface area contributed by atoms with Crippen molar-refractivity contribution in [3.63, 3.8) is 0 Å². The summed E-state index contributed by atoms with van der Waals surface area (Å²) in [6.45, 7) is 7.48. The van der Waals surface area contributed by atoms with Crippen LogP contribution in [0.2, 0.25) is 5.02 Å². The zero-order valence-corrected chi connectivity index (χ0v) is 16.4. The summed E-state index contributed by atoms with van der Waals surface area (Å²) in [5.41, 5.74) is 0.932. The van der Waals surface area contributed by atoms with Gasteiger partial charge in [-0.05, 0) is 31.0 Å². The van der Waals surface area contributed by atoms with Gasteiger partial charge in [0.25, 0.3) is 0 Å². The molecule has 8 heteroatoms. The predicted octanol–water partition coefficient (Wildman–Crippen LogP) is 2.02. The van der Waals surface area contributed by atoms with E-state index in [1.807, 2.05) is 25.1 Å². The fraction of sp³-hybridized carbons (Fsp3) is 0.579. The lowest BCUT2D eigenvalue weighted by Crippen LogP contribution is -2.38. The molecule has 0 radical (unpaired) electrons. The van der Waals surface area contributed by atoms with Crippen LogP contribution in [0.1, 0.15) is 18.9 Å². The summed E-state index contributed by atoms with van der Waals surface area (Å²) in [6.07, 6.45) is 0.450. The summed E-state index contributed by atoms with van der Waals surface area (Å²) in [5, 5.41) is 11.7. The van der Waals surface area contributed by atoms with Gasteiger partial charge in [0, 0.05) is 26.2 Å². The molecule has 0 aliphatic carbocycles. The average Bonchev–Trinajstić information content (AvgIpc) is 2.65. The number of amides is 1. The van der Waals surface area contributed by atoms with Gasteiger partial charge in [0.15, 0.2) is 11.5 Å². The number of halogens is 1. The maximum atomic E-state index is 11.4. The number of benzene rings is 1. The van der Waals surface area contributed by atoms with Gasteiger partial charge >= 0.3 is 0 Å². The molecule has 0 unspecified atom stereocenters. The van der Waals surface area contributed by atoms with Gasteiger partial charge in [0.2, 0.25) is 5.91 Å². The Morgan fingerprint density at radius 2 is 2.15 bits per heavy atom. The van der Waals surface area contributed by atoms with Crippen LogP contribution < -0.4 is 14.8 Å². The zero-order valence-electron chi connectivity index (χ0n) is 15.6. The average molecular weight is 396 g/mol. The van der Waals surface area contributed by atoms with E-state index in [0.29, 0.717) is 42.7 Å². The van der Waals surface area contributed by atoms with E-state index in [4.69, 9.17) is 31.1 Å². The summed E-state index contributed by atoms with van der Waals surface area (Å²) < 4.78 is 16.9. The van der Waals surface area contributed by atoms with Crippen LogP contribution in [0.4, 0.5) is 0 Å². The Morgan fingerprint density at radius 1 is 1.37 bits per heavy atom. The minimum atomic E-state index is -0.281. The van der Waals surface area contributed by atoms with E-state index in [-0.39, 0.29) is 12.3 Å². The van der Waals surface area contributed by atoms with Gasteiger partial charge in [-0.15, -0.1) is 0 Å². The largest absolute Gasteiger partial charge is 0.490 e. The van der Waals surface area contributed by atoms with Crippen molar-refractivity contribution < 1.29 is 19.0 Å². The Hall–Kier alpha value is -2.01. The Morgan fingerprint density at radius 3 is 2.85 bits per heavy atom.